The van der Waals surface area contributed by atoms with E-state index in [0.29, 0.717) is 0 Å². The fraction of sp³-hybridized carbons (Fsp3) is 0.462. The number of hydrogen-bond donors (Lipinski definition) is 1. The fourth-order valence-corrected chi connectivity index (χ4v) is 2.21. The van der Waals surface area contributed by atoms with Crippen LogP contribution in [0.4, 0.5) is 11.6 Å². The minimum absolute atomic E-state index is 0.768. The molecule has 0 saturated carbocycles. The van der Waals surface area contributed by atoms with Crippen LogP contribution in [0.15, 0.2) is 24.5 Å². The number of rotatable bonds is 4. The van der Waals surface area contributed by atoms with E-state index in [1.165, 1.54) is 0 Å². The molecule has 0 atom stereocenters. The highest BCUT2D eigenvalue weighted by molar-refractivity contribution is 5.47. The summed E-state index contributed by atoms with van der Waals surface area (Å²) in [5.74, 6) is 2.93. The van der Waals surface area contributed by atoms with E-state index in [1.807, 2.05) is 18.2 Å². The molecular weight excluding hydrogens is 240 g/mol. The number of nitrogens with one attached hydrogen (secondary N) is 1. The first-order valence-electron chi connectivity index (χ1n) is 6.69. The molecule has 2 aromatic rings. The Hall–Kier alpha value is -2.11. The summed E-state index contributed by atoms with van der Waals surface area (Å²) in [5, 5.41) is 11.4. The molecule has 3 heterocycles. The molecule has 6 nitrogen and oxygen atoms in total. The van der Waals surface area contributed by atoms with Gasteiger partial charge in [-0.2, -0.15) is 0 Å². The summed E-state index contributed by atoms with van der Waals surface area (Å²) in [7, 11) is 0. The van der Waals surface area contributed by atoms with Gasteiger partial charge in [-0.15, -0.1) is 10.2 Å². The van der Waals surface area contributed by atoms with Gasteiger partial charge in [0.15, 0.2) is 5.82 Å². The van der Waals surface area contributed by atoms with Crippen molar-refractivity contribution in [1.82, 2.24) is 19.7 Å². The van der Waals surface area contributed by atoms with E-state index in [9.17, 15) is 0 Å². The van der Waals surface area contributed by atoms with Crippen LogP contribution in [0, 0.1) is 0 Å². The normalized spacial score (nSPS) is 14.3. The van der Waals surface area contributed by atoms with Crippen LogP contribution in [0.1, 0.15) is 19.2 Å². The van der Waals surface area contributed by atoms with Crippen LogP contribution >= 0.6 is 0 Å². The molecule has 0 aliphatic carbocycles. The predicted octanol–water partition coefficient (Wildman–Crippen LogP) is 1.52. The molecule has 0 saturated heterocycles. The lowest BCUT2D eigenvalue weighted by atomic mass is 10.3. The molecule has 100 valence electrons. The summed E-state index contributed by atoms with van der Waals surface area (Å²) in [6, 6.07) is 6.09. The molecule has 1 aliphatic rings. The summed E-state index contributed by atoms with van der Waals surface area (Å²) in [5.41, 5.74) is 0. The van der Waals surface area contributed by atoms with Crippen LogP contribution in [0.5, 0.6) is 0 Å². The molecule has 6 heteroatoms. The van der Waals surface area contributed by atoms with Crippen LogP contribution in [0.25, 0.3) is 0 Å². The third-order valence-electron chi connectivity index (χ3n) is 3.25. The monoisotopic (exact) mass is 258 g/mol. The number of pyridine rings is 1. The zero-order chi connectivity index (χ0) is 13.1. The largest absolute Gasteiger partial charge is 0.370 e. The van der Waals surface area contributed by atoms with Crippen molar-refractivity contribution in [2.45, 2.75) is 26.4 Å². The van der Waals surface area contributed by atoms with Gasteiger partial charge in [0.25, 0.3) is 0 Å². The molecule has 0 bridgehead atoms. The molecule has 0 spiro atoms. The summed E-state index contributed by atoms with van der Waals surface area (Å²) in [6.45, 7) is 5.72. The Labute approximate surface area is 112 Å². The van der Waals surface area contributed by atoms with Crippen molar-refractivity contribution in [3.05, 3.63) is 30.4 Å². The van der Waals surface area contributed by atoms with Gasteiger partial charge in [-0.25, -0.2) is 4.98 Å². The molecule has 1 N–H and O–H groups in total. The van der Waals surface area contributed by atoms with Crippen molar-refractivity contribution < 1.29 is 0 Å². The summed E-state index contributed by atoms with van der Waals surface area (Å²) in [4.78, 5) is 6.89. The lowest BCUT2D eigenvalue weighted by molar-refractivity contribution is 0.556. The van der Waals surface area contributed by atoms with Crippen molar-refractivity contribution in [1.29, 1.82) is 0 Å². The van der Waals surface area contributed by atoms with E-state index in [2.05, 4.69) is 36.9 Å². The Balaban J connectivity index is 1.76. The molecule has 0 fully saturated rings. The van der Waals surface area contributed by atoms with Crippen molar-refractivity contribution >= 4 is 11.6 Å². The van der Waals surface area contributed by atoms with E-state index < -0.39 is 0 Å². The second-order valence-corrected chi connectivity index (χ2v) is 4.67. The molecule has 0 amide bonds. The Morgan fingerprint density at radius 1 is 1.32 bits per heavy atom. The highest BCUT2D eigenvalue weighted by Gasteiger charge is 2.18. The van der Waals surface area contributed by atoms with Gasteiger partial charge in [0.2, 0.25) is 0 Å². The Morgan fingerprint density at radius 2 is 2.26 bits per heavy atom. The third kappa shape index (κ3) is 2.52. The van der Waals surface area contributed by atoms with E-state index in [0.717, 1.165) is 50.1 Å². The topological polar surface area (TPSA) is 58.9 Å². The average molecular weight is 258 g/mol. The minimum Gasteiger partial charge on any atom is -0.370 e. The molecule has 0 unspecified atom stereocenters. The van der Waals surface area contributed by atoms with Crippen LogP contribution in [-0.2, 0) is 13.1 Å². The first kappa shape index (κ1) is 12.0. The van der Waals surface area contributed by atoms with Crippen LogP contribution in [0.3, 0.4) is 0 Å². The summed E-state index contributed by atoms with van der Waals surface area (Å²) >= 11 is 0. The van der Waals surface area contributed by atoms with Crippen molar-refractivity contribution in [3.8, 4) is 0 Å². The van der Waals surface area contributed by atoms with Gasteiger partial charge in [-0.3, -0.25) is 0 Å². The van der Waals surface area contributed by atoms with Gasteiger partial charge in [0.05, 0.1) is 6.54 Å². The van der Waals surface area contributed by atoms with Crippen molar-refractivity contribution in [2.24, 2.45) is 0 Å². The number of nitrogens with zero attached hydrogens (tertiary/aromatic N) is 5. The molecule has 0 radical (unpaired) electrons. The van der Waals surface area contributed by atoms with Crippen LogP contribution < -0.4 is 10.2 Å². The minimum atomic E-state index is 0.768. The van der Waals surface area contributed by atoms with Gasteiger partial charge in [-0.05, 0) is 18.6 Å². The highest BCUT2D eigenvalue weighted by atomic mass is 15.3. The maximum atomic E-state index is 4.65. The van der Waals surface area contributed by atoms with Gasteiger partial charge < -0.3 is 14.8 Å². The van der Waals surface area contributed by atoms with E-state index in [-0.39, 0.29) is 0 Å². The molecule has 1 aliphatic heterocycles. The van der Waals surface area contributed by atoms with Crippen molar-refractivity contribution in [3.63, 3.8) is 0 Å². The fourth-order valence-electron chi connectivity index (χ4n) is 2.21. The number of aromatic nitrogens is 4. The predicted molar refractivity (Wildman–Crippen MR) is 74.1 cm³/mol. The number of hydrogen-bond acceptors (Lipinski definition) is 5. The van der Waals surface area contributed by atoms with Gasteiger partial charge >= 0.3 is 0 Å². The maximum absolute atomic E-state index is 4.65. The standard InChI is InChI=1S/C13H18N6/c1-2-6-14-11-4-3-5-12(16-11)18-7-8-19-10-15-17-13(19)9-18/h3-5,10H,2,6-9H2,1H3,(H,14,16). The third-order valence-corrected chi connectivity index (χ3v) is 3.25. The van der Waals surface area contributed by atoms with Crippen LogP contribution in [-0.4, -0.2) is 32.8 Å². The SMILES string of the molecule is CCCNc1cccc(N2CCn3cnnc3C2)n1. The Morgan fingerprint density at radius 3 is 3.16 bits per heavy atom. The van der Waals surface area contributed by atoms with Gasteiger partial charge in [0.1, 0.15) is 18.0 Å². The molecule has 19 heavy (non-hydrogen) atoms. The highest BCUT2D eigenvalue weighted by Crippen LogP contribution is 2.19. The second kappa shape index (κ2) is 5.26. The Bertz CT molecular complexity index is 550. The first-order valence-corrected chi connectivity index (χ1v) is 6.69. The summed E-state index contributed by atoms with van der Waals surface area (Å²) < 4.78 is 2.09. The van der Waals surface area contributed by atoms with Gasteiger partial charge in [0, 0.05) is 19.6 Å². The average Bonchev–Trinajstić information content (AvgIpc) is 2.92. The van der Waals surface area contributed by atoms with E-state index in [1.54, 1.807) is 6.33 Å². The smallest absolute Gasteiger partial charge is 0.152 e. The molecule has 0 aromatic carbocycles. The lowest BCUT2D eigenvalue weighted by Gasteiger charge is -2.28. The quantitative estimate of drug-likeness (QED) is 0.901. The zero-order valence-corrected chi connectivity index (χ0v) is 11.1. The zero-order valence-electron chi connectivity index (χ0n) is 11.1. The van der Waals surface area contributed by atoms with Crippen LogP contribution in [0.2, 0.25) is 0 Å². The van der Waals surface area contributed by atoms with Gasteiger partial charge in [-0.1, -0.05) is 13.0 Å². The lowest BCUT2D eigenvalue weighted by Crippen LogP contribution is -2.34. The second-order valence-electron chi connectivity index (χ2n) is 4.67. The van der Waals surface area contributed by atoms with Crippen molar-refractivity contribution in [2.75, 3.05) is 23.3 Å². The molecule has 2 aromatic heterocycles. The van der Waals surface area contributed by atoms with E-state index >= 15 is 0 Å². The molecular formula is C13H18N6. The Kier molecular flexibility index (Phi) is 3.31. The maximum Gasteiger partial charge on any atom is 0.152 e. The number of anilines is 2. The number of fused-ring (bicyclic) bond motifs is 1. The van der Waals surface area contributed by atoms with E-state index in [4.69, 9.17) is 0 Å². The molecule has 3 rings (SSSR count). The first-order chi connectivity index (χ1) is 9.36. The summed E-state index contributed by atoms with van der Waals surface area (Å²) in [6.07, 6.45) is 2.89.